The molecule has 2 bridgehead atoms. The average Bonchev–Trinajstić information content (AvgIpc) is 2.53. The average molecular weight is 150 g/mol. The maximum Gasteiger partial charge on any atom is 0.136 e. The van der Waals surface area contributed by atoms with Gasteiger partial charge < -0.3 is 0 Å². The smallest absolute Gasteiger partial charge is 0.136 e. The van der Waals surface area contributed by atoms with Gasteiger partial charge >= 0.3 is 0 Å². The number of hydrogen-bond donors (Lipinski definition) is 0. The standard InChI is InChI=1S/C10H14O/c1-5-6-2-8-7(5)4-10(11)9(8)3-6/h5-9H,2-4H2,1H3. The molecule has 5 atom stereocenters. The van der Waals surface area contributed by atoms with E-state index in [4.69, 9.17) is 0 Å². The molecule has 0 radical (unpaired) electrons. The Kier molecular flexibility index (Phi) is 0.961. The zero-order valence-corrected chi connectivity index (χ0v) is 6.92. The largest absolute Gasteiger partial charge is 0.299 e. The van der Waals surface area contributed by atoms with Gasteiger partial charge in [0.05, 0.1) is 0 Å². The van der Waals surface area contributed by atoms with Gasteiger partial charge in [-0.15, -0.1) is 0 Å². The molecule has 1 heteroatoms. The number of carbonyl (C=O) groups is 1. The predicted octanol–water partition coefficient (Wildman–Crippen LogP) is 1.87. The Morgan fingerprint density at radius 2 is 2.09 bits per heavy atom. The predicted molar refractivity (Wildman–Crippen MR) is 42.0 cm³/mol. The van der Waals surface area contributed by atoms with E-state index in [0.717, 1.165) is 30.1 Å². The van der Waals surface area contributed by atoms with Crippen molar-refractivity contribution in [3.05, 3.63) is 0 Å². The summed E-state index contributed by atoms with van der Waals surface area (Å²) in [5, 5.41) is 0. The summed E-state index contributed by atoms with van der Waals surface area (Å²) in [5.41, 5.74) is 0. The molecule has 0 aromatic carbocycles. The van der Waals surface area contributed by atoms with E-state index in [9.17, 15) is 4.79 Å². The van der Waals surface area contributed by atoms with Crippen molar-refractivity contribution in [2.75, 3.05) is 0 Å². The first kappa shape index (κ1) is 6.22. The zero-order valence-electron chi connectivity index (χ0n) is 6.92. The molecular formula is C10H14O. The molecule has 60 valence electrons. The van der Waals surface area contributed by atoms with E-state index in [0.29, 0.717) is 11.7 Å². The number of ketones is 1. The highest BCUT2D eigenvalue weighted by Gasteiger charge is 2.57. The molecule has 3 rings (SSSR count). The monoisotopic (exact) mass is 150 g/mol. The first-order valence-electron chi connectivity index (χ1n) is 4.80. The third-order valence-corrected chi connectivity index (χ3v) is 4.47. The molecule has 0 spiro atoms. The van der Waals surface area contributed by atoms with E-state index in [2.05, 4.69) is 6.92 Å². The van der Waals surface area contributed by atoms with Crippen LogP contribution < -0.4 is 0 Å². The van der Waals surface area contributed by atoms with Gasteiger partial charge in [-0.25, -0.2) is 0 Å². The first-order valence-corrected chi connectivity index (χ1v) is 4.80. The van der Waals surface area contributed by atoms with Gasteiger partial charge in [0.25, 0.3) is 0 Å². The van der Waals surface area contributed by atoms with Gasteiger partial charge in [0.2, 0.25) is 0 Å². The van der Waals surface area contributed by atoms with E-state index in [1.54, 1.807) is 0 Å². The third kappa shape index (κ3) is 0.567. The summed E-state index contributed by atoms with van der Waals surface area (Å²) in [5.74, 6) is 4.51. The van der Waals surface area contributed by atoms with Crippen molar-refractivity contribution in [3.8, 4) is 0 Å². The number of carbonyl (C=O) groups excluding carboxylic acids is 1. The maximum absolute atomic E-state index is 11.4. The highest BCUT2D eigenvalue weighted by atomic mass is 16.1. The minimum atomic E-state index is 0.515. The SMILES string of the molecule is CC1C2CC3C(=O)CC1C3C2. The minimum Gasteiger partial charge on any atom is -0.299 e. The third-order valence-electron chi connectivity index (χ3n) is 4.47. The van der Waals surface area contributed by atoms with Crippen molar-refractivity contribution in [1.82, 2.24) is 0 Å². The van der Waals surface area contributed by atoms with Gasteiger partial charge in [0.1, 0.15) is 5.78 Å². The summed E-state index contributed by atoms with van der Waals surface area (Å²) in [6.45, 7) is 2.35. The van der Waals surface area contributed by atoms with E-state index in [-0.39, 0.29) is 0 Å². The Morgan fingerprint density at radius 3 is 2.73 bits per heavy atom. The highest BCUT2D eigenvalue weighted by Crippen LogP contribution is 2.60. The van der Waals surface area contributed by atoms with Gasteiger partial charge in [-0.05, 0) is 36.5 Å². The molecule has 0 aromatic heterocycles. The second-order valence-corrected chi connectivity index (χ2v) is 4.70. The van der Waals surface area contributed by atoms with E-state index < -0.39 is 0 Å². The lowest BCUT2D eigenvalue weighted by molar-refractivity contribution is -0.120. The van der Waals surface area contributed by atoms with Crippen LogP contribution in [0.2, 0.25) is 0 Å². The normalized spacial score (nSPS) is 59.4. The van der Waals surface area contributed by atoms with Crippen LogP contribution in [0, 0.1) is 29.6 Å². The van der Waals surface area contributed by atoms with Crippen molar-refractivity contribution < 1.29 is 4.79 Å². The van der Waals surface area contributed by atoms with Gasteiger partial charge in [0, 0.05) is 12.3 Å². The lowest BCUT2D eigenvalue weighted by Crippen LogP contribution is -2.18. The molecule has 1 nitrogen and oxygen atoms in total. The molecule has 0 saturated heterocycles. The summed E-state index contributed by atoms with van der Waals surface area (Å²) in [7, 11) is 0. The molecule has 0 aromatic rings. The van der Waals surface area contributed by atoms with Crippen LogP contribution in [0.25, 0.3) is 0 Å². The Balaban J connectivity index is 2.04. The minimum absolute atomic E-state index is 0.515. The van der Waals surface area contributed by atoms with Crippen molar-refractivity contribution >= 4 is 5.78 Å². The van der Waals surface area contributed by atoms with Crippen LogP contribution in [0.5, 0.6) is 0 Å². The zero-order chi connectivity index (χ0) is 7.59. The highest BCUT2D eigenvalue weighted by molar-refractivity contribution is 5.85. The summed E-state index contributed by atoms with van der Waals surface area (Å²) < 4.78 is 0. The molecule has 3 aliphatic rings. The molecule has 3 fully saturated rings. The Morgan fingerprint density at radius 1 is 1.27 bits per heavy atom. The van der Waals surface area contributed by atoms with E-state index >= 15 is 0 Å². The second-order valence-electron chi connectivity index (χ2n) is 4.70. The van der Waals surface area contributed by atoms with Crippen molar-refractivity contribution in [1.29, 1.82) is 0 Å². The molecule has 0 heterocycles. The van der Waals surface area contributed by atoms with Crippen LogP contribution in [0.3, 0.4) is 0 Å². The molecule has 3 saturated carbocycles. The molecule has 0 aliphatic heterocycles. The van der Waals surface area contributed by atoms with Crippen molar-refractivity contribution in [2.45, 2.75) is 26.2 Å². The fourth-order valence-corrected chi connectivity index (χ4v) is 3.84. The van der Waals surface area contributed by atoms with E-state index in [1.165, 1.54) is 12.8 Å². The summed E-state index contributed by atoms with van der Waals surface area (Å²) in [4.78, 5) is 11.4. The quantitative estimate of drug-likeness (QED) is 0.515. The Hall–Kier alpha value is -0.330. The molecule has 0 N–H and O–H groups in total. The summed E-state index contributed by atoms with van der Waals surface area (Å²) >= 11 is 0. The van der Waals surface area contributed by atoms with Crippen LogP contribution in [0.4, 0.5) is 0 Å². The number of rotatable bonds is 0. The lowest BCUT2D eigenvalue weighted by Gasteiger charge is -2.23. The van der Waals surface area contributed by atoms with E-state index in [1.807, 2.05) is 0 Å². The number of fused-ring (bicyclic) bond motifs is 1. The molecule has 0 amide bonds. The first-order chi connectivity index (χ1) is 5.27. The van der Waals surface area contributed by atoms with Gasteiger partial charge in [-0.3, -0.25) is 4.79 Å². The Labute approximate surface area is 67.2 Å². The molecule has 11 heavy (non-hydrogen) atoms. The summed E-state index contributed by atoms with van der Waals surface area (Å²) in [6, 6.07) is 0. The topological polar surface area (TPSA) is 17.1 Å². The fraction of sp³-hybridized carbons (Fsp3) is 0.900. The van der Waals surface area contributed by atoms with Crippen LogP contribution in [0.1, 0.15) is 26.2 Å². The van der Waals surface area contributed by atoms with Gasteiger partial charge in [-0.2, -0.15) is 0 Å². The maximum atomic E-state index is 11.4. The van der Waals surface area contributed by atoms with Crippen LogP contribution in [-0.2, 0) is 4.79 Å². The summed E-state index contributed by atoms with van der Waals surface area (Å²) in [6.07, 6.45) is 3.54. The van der Waals surface area contributed by atoms with Gasteiger partial charge in [-0.1, -0.05) is 6.92 Å². The van der Waals surface area contributed by atoms with Crippen LogP contribution in [-0.4, -0.2) is 5.78 Å². The van der Waals surface area contributed by atoms with Gasteiger partial charge in [0.15, 0.2) is 0 Å². The molecule has 3 aliphatic carbocycles. The Bertz CT molecular complexity index is 221. The van der Waals surface area contributed by atoms with Crippen molar-refractivity contribution in [3.63, 3.8) is 0 Å². The molecular weight excluding hydrogens is 136 g/mol. The number of hydrogen-bond acceptors (Lipinski definition) is 1. The van der Waals surface area contributed by atoms with Crippen molar-refractivity contribution in [2.24, 2.45) is 29.6 Å². The lowest BCUT2D eigenvalue weighted by atomic mass is 9.81. The number of Topliss-reactive ketones (excluding diaryl/α,β-unsaturated/α-hetero) is 1. The second kappa shape index (κ2) is 1.70. The van der Waals surface area contributed by atoms with Crippen LogP contribution in [0.15, 0.2) is 0 Å². The van der Waals surface area contributed by atoms with Crippen LogP contribution >= 0.6 is 0 Å². The fourth-order valence-electron chi connectivity index (χ4n) is 3.84. The molecule has 5 unspecified atom stereocenters.